The molecule has 2 aromatic carbocycles. The molecule has 0 aliphatic carbocycles. The maximum absolute atomic E-state index is 13.2. The Morgan fingerprint density at radius 2 is 1.75 bits per heavy atom. The standard InChI is InChI=1S/C19H16FN3O/c1-19(2)17(14-4-3-5-15-16(14)22-11-10-21-15)23(18(19)24)13-8-6-12(20)7-9-13/h3-11,17H,1-2H3. The molecule has 4 nitrogen and oxygen atoms in total. The number of rotatable bonds is 2. The predicted molar refractivity (Wildman–Crippen MR) is 89.9 cm³/mol. The minimum Gasteiger partial charge on any atom is -0.303 e. The van der Waals surface area contributed by atoms with Gasteiger partial charge in [0.1, 0.15) is 5.82 Å². The number of benzene rings is 2. The van der Waals surface area contributed by atoms with E-state index >= 15 is 0 Å². The van der Waals surface area contributed by atoms with Crippen LogP contribution in [-0.2, 0) is 4.79 Å². The summed E-state index contributed by atoms with van der Waals surface area (Å²) in [5.41, 5.74) is 2.67. The van der Waals surface area contributed by atoms with E-state index in [1.54, 1.807) is 29.4 Å². The molecule has 24 heavy (non-hydrogen) atoms. The van der Waals surface area contributed by atoms with Crippen LogP contribution in [0, 0.1) is 11.2 Å². The van der Waals surface area contributed by atoms with E-state index in [-0.39, 0.29) is 17.8 Å². The maximum Gasteiger partial charge on any atom is 0.235 e. The molecular weight excluding hydrogens is 305 g/mol. The fourth-order valence-corrected chi connectivity index (χ4v) is 3.43. The van der Waals surface area contributed by atoms with Gasteiger partial charge in [0.2, 0.25) is 5.91 Å². The van der Waals surface area contributed by atoms with Gasteiger partial charge in [-0.25, -0.2) is 4.39 Å². The first-order valence-electron chi connectivity index (χ1n) is 7.79. The molecule has 5 heteroatoms. The molecule has 4 rings (SSSR count). The van der Waals surface area contributed by atoms with Crippen LogP contribution in [0.1, 0.15) is 25.5 Å². The highest BCUT2D eigenvalue weighted by Crippen LogP contribution is 2.52. The summed E-state index contributed by atoms with van der Waals surface area (Å²) in [6.07, 6.45) is 3.31. The summed E-state index contributed by atoms with van der Waals surface area (Å²) >= 11 is 0. The van der Waals surface area contributed by atoms with Gasteiger partial charge >= 0.3 is 0 Å². The summed E-state index contributed by atoms with van der Waals surface area (Å²) in [5.74, 6) is -0.307. The number of halogens is 1. The van der Waals surface area contributed by atoms with Crippen molar-refractivity contribution in [2.45, 2.75) is 19.9 Å². The second-order valence-electron chi connectivity index (χ2n) is 6.55. The number of nitrogens with zero attached hydrogens (tertiary/aromatic N) is 3. The highest BCUT2D eigenvalue weighted by molar-refractivity contribution is 6.06. The number of amides is 1. The van der Waals surface area contributed by atoms with Crippen molar-refractivity contribution in [1.29, 1.82) is 0 Å². The summed E-state index contributed by atoms with van der Waals surface area (Å²) < 4.78 is 13.2. The third-order valence-corrected chi connectivity index (χ3v) is 4.64. The Hall–Kier alpha value is -2.82. The summed E-state index contributed by atoms with van der Waals surface area (Å²) in [4.78, 5) is 23.2. The smallest absolute Gasteiger partial charge is 0.235 e. The topological polar surface area (TPSA) is 46.1 Å². The maximum atomic E-state index is 13.2. The van der Waals surface area contributed by atoms with Crippen molar-refractivity contribution >= 4 is 22.6 Å². The van der Waals surface area contributed by atoms with E-state index < -0.39 is 5.41 Å². The van der Waals surface area contributed by atoms with Crippen LogP contribution in [0.3, 0.4) is 0 Å². The molecule has 1 aliphatic rings. The van der Waals surface area contributed by atoms with Crippen molar-refractivity contribution in [3.05, 3.63) is 66.2 Å². The van der Waals surface area contributed by atoms with Crippen molar-refractivity contribution in [1.82, 2.24) is 9.97 Å². The lowest BCUT2D eigenvalue weighted by Gasteiger charge is -2.53. The van der Waals surface area contributed by atoms with E-state index in [4.69, 9.17) is 0 Å². The Morgan fingerprint density at radius 3 is 2.50 bits per heavy atom. The molecule has 3 aromatic rings. The molecule has 1 unspecified atom stereocenters. The van der Waals surface area contributed by atoms with Gasteiger partial charge in [-0.05, 0) is 44.2 Å². The number of para-hydroxylation sites is 1. The van der Waals surface area contributed by atoms with Gasteiger partial charge in [0.05, 0.1) is 22.5 Å². The fourth-order valence-electron chi connectivity index (χ4n) is 3.43. The van der Waals surface area contributed by atoms with Gasteiger partial charge in [-0.15, -0.1) is 0 Å². The summed E-state index contributed by atoms with van der Waals surface area (Å²) in [6.45, 7) is 3.85. The SMILES string of the molecule is CC1(C)C(=O)N(c2ccc(F)cc2)C1c1cccc2nccnc12. The van der Waals surface area contributed by atoms with Crippen LogP contribution >= 0.6 is 0 Å². The second-order valence-corrected chi connectivity index (χ2v) is 6.55. The van der Waals surface area contributed by atoms with E-state index in [1.807, 2.05) is 32.0 Å². The molecule has 0 bridgehead atoms. The van der Waals surface area contributed by atoms with Gasteiger partial charge in [0.25, 0.3) is 0 Å². The van der Waals surface area contributed by atoms with E-state index in [0.717, 1.165) is 16.6 Å². The number of hydrogen-bond acceptors (Lipinski definition) is 3. The zero-order valence-corrected chi connectivity index (χ0v) is 13.4. The van der Waals surface area contributed by atoms with Crippen LogP contribution in [0.4, 0.5) is 10.1 Å². The van der Waals surface area contributed by atoms with E-state index in [2.05, 4.69) is 9.97 Å². The van der Waals surface area contributed by atoms with Gasteiger partial charge < -0.3 is 4.90 Å². The van der Waals surface area contributed by atoms with Crippen molar-refractivity contribution < 1.29 is 9.18 Å². The zero-order valence-electron chi connectivity index (χ0n) is 13.4. The van der Waals surface area contributed by atoms with E-state index in [0.29, 0.717) is 5.69 Å². The minimum atomic E-state index is -0.555. The molecule has 0 saturated carbocycles. The summed E-state index contributed by atoms with van der Waals surface area (Å²) in [6, 6.07) is 11.6. The second kappa shape index (κ2) is 5.09. The third-order valence-electron chi connectivity index (χ3n) is 4.64. The van der Waals surface area contributed by atoms with Crippen molar-refractivity contribution in [2.75, 3.05) is 4.90 Å². The zero-order chi connectivity index (χ0) is 16.9. The van der Waals surface area contributed by atoms with Gasteiger partial charge in [-0.2, -0.15) is 0 Å². The Kier molecular flexibility index (Phi) is 3.13. The minimum absolute atomic E-state index is 0.0139. The molecule has 1 fully saturated rings. The number of aromatic nitrogens is 2. The first kappa shape index (κ1) is 14.8. The largest absolute Gasteiger partial charge is 0.303 e. The van der Waals surface area contributed by atoms with Crippen LogP contribution in [0.25, 0.3) is 11.0 Å². The average molecular weight is 321 g/mol. The highest BCUT2D eigenvalue weighted by atomic mass is 19.1. The van der Waals surface area contributed by atoms with Crippen LogP contribution < -0.4 is 4.90 Å². The Morgan fingerprint density at radius 1 is 1.04 bits per heavy atom. The molecule has 0 radical (unpaired) electrons. The van der Waals surface area contributed by atoms with Gasteiger partial charge in [-0.3, -0.25) is 14.8 Å². The molecule has 120 valence electrons. The van der Waals surface area contributed by atoms with Gasteiger partial charge in [-0.1, -0.05) is 12.1 Å². The molecule has 1 aliphatic heterocycles. The number of fused-ring (bicyclic) bond motifs is 1. The molecule has 0 N–H and O–H groups in total. The highest BCUT2D eigenvalue weighted by Gasteiger charge is 2.55. The molecule has 1 atom stereocenters. The van der Waals surface area contributed by atoms with Crippen LogP contribution in [0.5, 0.6) is 0 Å². The number of hydrogen-bond donors (Lipinski definition) is 0. The fraction of sp³-hybridized carbons (Fsp3) is 0.211. The van der Waals surface area contributed by atoms with Crippen molar-refractivity contribution in [3.8, 4) is 0 Å². The molecule has 1 amide bonds. The van der Waals surface area contributed by atoms with Crippen LogP contribution in [-0.4, -0.2) is 15.9 Å². The number of carbonyl (C=O) groups is 1. The number of carbonyl (C=O) groups excluding carboxylic acids is 1. The van der Waals surface area contributed by atoms with Crippen LogP contribution in [0.2, 0.25) is 0 Å². The van der Waals surface area contributed by atoms with E-state index in [9.17, 15) is 9.18 Å². The quantitative estimate of drug-likeness (QED) is 0.673. The molecule has 2 heterocycles. The first-order chi connectivity index (χ1) is 11.5. The monoisotopic (exact) mass is 321 g/mol. The average Bonchev–Trinajstić information content (AvgIpc) is 2.60. The molecule has 1 aromatic heterocycles. The Labute approximate surface area is 139 Å². The van der Waals surface area contributed by atoms with E-state index in [1.165, 1.54) is 12.1 Å². The Balaban J connectivity index is 1.87. The van der Waals surface area contributed by atoms with Crippen molar-refractivity contribution in [3.63, 3.8) is 0 Å². The van der Waals surface area contributed by atoms with Crippen molar-refractivity contribution in [2.24, 2.45) is 5.41 Å². The lowest BCUT2D eigenvalue weighted by molar-refractivity contribution is -0.137. The molecule has 1 saturated heterocycles. The third kappa shape index (κ3) is 2.01. The van der Waals surface area contributed by atoms with Crippen LogP contribution in [0.15, 0.2) is 54.9 Å². The lowest BCUT2D eigenvalue weighted by Crippen LogP contribution is -2.61. The number of β-lactam (4-membered cyclic amide) rings is 1. The molecule has 0 spiro atoms. The van der Waals surface area contributed by atoms with Gasteiger partial charge in [0, 0.05) is 23.6 Å². The predicted octanol–water partition coefficient (Wildman–Crippen LogP) is 3.88. The first-order valence-corrected chi connectivity index (χ1v) is 7.79. The summed E-state index contributed by atoms with van der Waals surface area (Å²) in [5, 5.41) is 0. The Bertz CT molecular complexity index is 932. The normalized spacial score (nSPS) is 19.4. The van der Waals surface area contributed by atoms with Gasteiger partial charge in [0.15, 0.2) is 0 Å². The summed E-state index contributed by atoms with van der Waals surface area (Å²) in [7, 11) is 0. The lowest BCUT2D eigenvalue weighted by atomic mass is 9.70. The number of anilines is 1. The molecular formula is C19H16FN3O.